The predicted octanol–water partition coefficient (Wildman–Crippen LogP) is 7.83. The summed E-state index contributed by atoms with van der Waals surface area (Å²) < 4.78 is 11.1. The van der Waals surface area contributed by atoms with Crippen LogP contribution in [0.15, 0.2) is 79.3 Å². The minimum Gasteiger partial charge on any atom is -0.439 e. The first kappa shape index (κ1) is 24.5. The molecule has 0 aliphatic carbocycles. The molecular weight excluding hydrogens is 470 g/mol. The van der Waals surface area contributed by atoms with Gasteiger partial charge in [0.15, 0.2) is 11.3 Å². The third kappa shape index (κ3) is 3.84. The molecule has 3 aromatic heterocycles. The highest BCUT2D eigenvalue weighted by Crippen LogP contribution is 2.51. The molecule has 1 aliphatic rings. The van der Waals surface area contributed by atoms with Gasteiger partial charge in [0.2, 0.25) is 0 Å². The van der Waals surface area contributed by atoms with E-state index in [4.69, 9.17) is 4.74 Å². The van der Waals surface area contributed by atoms with Crippen molar-refractivity contribution in [3.05, 3.63) is 102 Å². The van der Waals surface area contributed by atoms with Crippen molar-refractivity contribution in [1.29, 1.82) is 0 Å². The maximum atomic E-state index is 13.4. The summed E-state index contributed by atoms with van der Waals surface area (Å²) in [5, 5.41) is 2.20. The van der Waals surface area contributed by atoms with Crippen LogP contribution in [0.1, 0.15) is 79.6 Å². The van der Waals surface area contributed by atoms with Gasteiger partial charge in [-0.25, -0.2) is 9.78 Å². The summed E-state index contributed by atoms with van der Waals surface area (Å²) in [6, 6.07) is 20.8. The Morgan fingerprint density at radius 2 is 1.37 bits per heavy atom. The Labute approximate surface area is 224 Å². The van der Waals surface area contributed by atoms with Gasteiger partial charge in [0.1, 0.15) is 0 Å². The molecule has 0 saturated heterocycles. The van der Waals surface area contributed by atoms with Crippen molar-refractivity contribution in [3.63, 3.8) is 0 Å². The summed E-state index contributed by atoms with van der Waals surface area (Å²) in [4.78, 5) is 17.9. The second-order valence-corrected chi connectivity index (χ2v) is 10.3. The highest BCUT2D eigenvalue weighted by atomic mass is 16.6. The highest BCUT2D eigenvalue weighted by Gasteiger charge is 2.52. The molecule has 0 amide bonds. The van der Waals surface area contributed by atoms with Gasteiger partial charge in [0, 0.05) is 70.2 Å². The third-order valence-corrected chi connectivity index (χ3v) is 8.06. The summed E-state index contributed by atoms with van der Waals surface area (Å²) in [5.74, 6) is -0.373. The number of esters is 1. The molecule has 0 fully saturated rings. The van der Waals surface area contributed by atoms with Gasteiger partial charge in [-0.3, -0.25) is 0 Å². The first-order chi connectivity index (χ1) is 18.7. The van der Waals surface area contributed by atoms with Gasteiger partial charge in [0.05, 0.1) is 0 Å². The lowest BCUT2D eigenvalue weighted by Crippen LogP contribution is -2.29. The molecule has 0 N–H and O–H groups in total. The van der Waals surface area contributed by atoms with Crippen molar-refractivity contribution in [2.75, 3.05) is 0 Å². The third-order valence-electron chi connectivity index (χ3n) is 8.06. The van der Waals surface area contributed by atoms with Crippen LogP contribution in [0.3, 0.4) is 0 Å². The quantitative estimate of drug-likeness (QED) is 0.143. The number of pyridine rings is 1. The Balaban J connectivity index is 1.55. The first-order valence-electron chi connectivity index (χ1n) is 14.0. The Morgan fingerprint density at radius 3 is 2.08 bits per heavy atom. The van der Waals surface area contributed by atoms with Crippen LogP contribution >= 0.6 is 0 Å². The molecule has 4 heterocycles. The minimum atomic E-state index is -1.08. The molecule has 5 nitrogen and oxygen atoms in total. The lowest BCUT2D eigenvalue weighted by Gasteiger charge is -2.29. The fourth-order valence-corrected chi connectivity index (χ4v) is 6.20. The zero-order valence-electron chi connectivity index (χ0n) is 22.3. The summed E-state index contributed by atoms with van der Waals surface area (Å²) in [5.41, 5.74) is 4.42. The molecule has 0 bridgehead atoms. The predicted molar refractivity (Wildman–Crippen MR) is 152 cm³/mol. The van der Waals surface area contributed by atoms with Gasteiger partial charge in [-0.2, -0.15) is 0 Å². The van der Waals surface area contributed by atoms with Crippen molar-refractivity contribution in [2.45, 2.75) is 71.1 Å². The molecule has 0 spiro atoms. The van der Waals surface area contributed by atoms with E-state index in [-0.39, 0.29) is 5.97 Å². The lowest BCUT2D eigenvalue weighted by atomic mass is 9.80. The van der Waals surface area contributed by atoms with Crippen LogP contribution in [-0.2, 0) is 23.4 Å². The Hall–Kier alpha value is -3.86. The van der Waals surface area contributed by atoms with E-state index >= 15 is 0 Å². The molecule has 5 heteroatoms. The topological polar surface area (TPSA) is 49.0 Å². The summed E-state index contributed by atoms with van der Waals surface area (Å²) in [7, 11) is 0. The SMILES string of the molecule is CCCCCCCCn1cc(C2(c3cn(CC)c4ccccc34)OC(=O)c3ncccc32)c2ccccc21. The van der Waals surface area contributed by atoms with Crippen molar-refractivity contribution in [1.82, 2.24) is 14.1 Å². The number of aromatic nitrogens is 3. The van der Waals surface area contributed by atoms with Crippen LogP contribution in [0.4, 0.5) is 0 Å². The van der Waals surface area contributed by atoms with Crippen LogP contribution < -0.4 is 0 Å². The number of rotatable bonds is 10. The van der Waals surface area contributed by atoms with E-state index in [1.807, 2.05) is 12.1 Å². The number of benzene rings is 2. The number of ether oxygens (including phenoxy) is 1. The van der Waals surface area contributed by atoms with Crippen molar-refractivity contribution in [2.24, 2.45) is 0 Å². The molecule has 194 valence electrons. The molecule has 6 rings (SSSR count). The van der Waals surface area contributed by atoms with Gasteiger partial charge >= 0.3 is 5.97 Å². The van der Waals surface area contributed by atoms with Gasteiger partial charge in [0.25, 0.3) is 0 Å². The van der Waals surface area contributed by atoms with E-state index < -0.39 is 5.60 Å². The Morgan fingerprint density at radius 1 is 0.737 bits per heavy atom. The van der Waals surface area contributed by atoms with E-state index in [0.717, 1.165) is 52.5 Å². The van der Waals surface area contributed by atoms with E-state index in [9.17, 15) is 4.79 Å². The molecule has 2 aromatic carbocycles. The second-order valence-electron chi connectivity index (χ2n) is 10.3. The molecule has 38 heavy (non-hydrogen) atoms. The number of carbonyl (C=O) groups excluding carboxylic acids is 1. The van der Waals surface area contributed by atoms with Crippen molar-refractivity contribution in [3.8, 4) is 0 Å². The van der Waals surface area contributed by atoms with E-state index in [2.05, 4.69) is 88.9 Å². The van der Waals surface area contributed by atoms with Crippen molar-refractivity contribution >= 4 is 27.8 Å². The zero-order valence-corrected chi connectivity index (χ0v) is 22.3. The maximum absolute atomic E-state index is 13.4. The maximum Gasteiger partial charge on any atom is 0.358 e. The largest absolute Gasteiger partial charge is 0.439 e. The van der Waals surface area contributed by atoms with Crippen LogP contribution in [0.25, 0.3) is 21.8 Å². The molecule has 1 atom stereocenters. The average molecular weight is 506 g/mol. The molecule has 5 aromatic rings. The van der Waals surface area contributed by atoms with Crippen molar-refractivity contribution < 1.29 is 9.53 Å². The zero-order chi connectivity index (χ0) is 26.1. The van der Waals surface area contributed by atoms with Crippen LogP contribution in [0, 0.1) is 0 Å². The van der Waals surface area contributed by atoms with Gasteiger partial charge in [-0.1, -0.05) is 81.5 Å². The number of carbonyl (C=O) groups is 1. The average Bonchev–Trinajstić information content (AvgIpc) is 3.61. The lowest BCUT2D eigenvalue weighted by molar-refractivity contribution is 0.0256. The van der Waals surface area contributed by atoms with E-state index in [1.54, 1.807) is 6.20 Å². The smallest absolute Gasteiger partial charge is 0.358 e. The van der Waals surface area contributed by atoms with Gasteiger partial charge in [-0.05, 0) is 31.5 Å². The monoisotopic (exact) mass is 505 g/mol. The molecule has 0 radical (unpaired) electrons. The standard InChI is InChI=1S/C33H35N3O2/c1-3-5-6-7-8-13-21-36-23-28(25-16-10-12-19-30(25)36)33(26-17-14-20-34-31(26)32(37)38-33)27-22-35(4-2)29-18-11-9-15-24(27)29/h9-12,14-20,22-23H,3-8,13,21H2,1-2H3. The molecule has 1 unspecified atom stereocenters. The number of hydrogen-bond donors (Lipinski definition) is 0. The minimum absolute atomic E-state index is 0.373. The Kier molecular flexibility index (Phi) is 6.52. The molecular formula is C33H35N3O2. The fraction of sp³-hybridized carbons (Fsp3) is 0.333. The number of nitrogens with zero attached hydrogens (tertiary/aromatic N) is 3. The summed E-state index contributed by atoms with van der Waals surface area (Å²) >= 11 is 0. The molecule has 1 aliphatic heterocycles. The Bertz CT molecular complexity index is 1610. The number of hydrogen-bond acceptors (Lipinski definition) is 3. The second kappa shape index (κ2) is 10.1. The van der Waals surface area contributed by atoms with Crippen LogP contribution in [0.5, 0.6) is 0 Å². The van der Waals surface area contributed by atoms with Gasteiger partial charge in [-0.15, -0.1) is 0 Å². The number of unbranched alkanes of at least 4 members (excludes halogenated alkanes) is 5. The van der Waals surface area contributed by atoms with E-state index in [0.29, 0.717) is 5.69 Å². The van der Waals surface area contributed by atoms with Gasteiger partial charge < -0.3 is 13.9 Å². The number of cyclic esters (lactones) is 1. The normalized spacial score (nSPS) is 16.8. The summed E-state index contributed by atoms with van der Waals surface area (Å²) in [6.45, 7) is 6.16. The summed E-state index contributed by atoms with van der Waals surface area (Å²) in [6.07, 6.45) is 13.6. The fourth-order valence-electron chi connectivity index (χ4n) is 6.20. The van der Waals surface area contributed by atoms with Crippen LogP contribution in [0.2, 0.25) is 0 Å². The number of aryl methyl sites for hydroxylation is 2. The van der Waals surface area contributed by atoms with Crippen LogP contribution in [-0.4, -0.2) is 20.1 Å². The highest BCUT2D eigenvalue weighted by molar-refractivity contribution is 5.99. The molecule has 0 saturated carbocycles. The number of fused-ring (bicyclic) bond motifs is 3. The first-order valence-corrected chi connectivity index (χ1v) is 14.0. The number of para-hydroxylation sites is 2. The van der Waals surface area contributed by atoms with E-state index in [1.165, 1.54) is 37.6 Å².